The minimum Gasteiger partial charge on any atom is -0.330 e. The molecule has 0 aromatic rings. The van der Waals surface area contributed by atoms with Crippen molar-refractivity contribution in [1.29, 1.82) is 0 Å². The molecule has 0 rings (SSSR count). The summed E-state index contributed by atoms with van der Waals surface area (Å²) in [4.78, 5) is 10.3. The molecule has 0 radical (unpaired) electrons. The van der Waals surface area contributed by atoms with Crippen LogP contribution in [0.25, 0.3) is 0 Å². The first-order valence-electron chi connectivity index (χ1n) is 3.33. The Bertz CT molecular complexity index is 113. The summed E-state index contributed by atoms with van der Waals surface area (Å²) in [6.45, 7) is 0.642. The molecule has 0 aromatic heterocycles. The van der Waals surface area contributed by atoms with Crippen LogP contribution in [0.4, 0.5) is 0 Å². The van der Waals surface area contributed by atoms with E-state index in [-0.39, 0.29) is 19.5 Å². The Labute approximate surface area is 84.6 Å². The molecule has 5 heteroatoms. The third-order valence-corrected chi connectivity index (χ3v) is 1.54. The van der Waals surface area contributed by atoms with Crippen molar-refractivity contribution in [2.24, 2.45) is 11.5 Å². The van der Waals surface area contributed by atoms with Crippen molar-refractivity contribution in [3.63, 3.8) is 0 Å². The number of carbonyl (C=O) groups excluding carboxylic acids is 1. The topological polar surface area (TPSA) is 69.1 Å². The molecule has 1 atom stereocenters. The molecule has 0 amide bonds. The van der Waals surface area contributed by atoms with Crippen molar-refractivity contribution < 1.29 is 24.3 Å². The first-order chi connectivity index (χ1) is 4.68. The van der Waals surface area contributed by atoms with Gasteiger partial charge in [0.05, 0.1) is 6.04 Å². The van der Waals surface area contributed by atoms with Crippen LogP contribution < -0.4 is 11.5 Å². The van der Waals surface area contributed by atoms with E-state index >= 15 is 0 Å². The van der Waals surface area contributed by atoms with Gasteiger partial charge in [0.25, 0.3) is 0 Å². The van der Waals surface area contributed by atoms with Gasteiger partial charge >= 0.3 is 0 Å². The van der Waals surface area contributed by atoms with Gasteiger partial charge in [0.2, 0.25) is 5.24 Å². The van der Waals surface area contributed by atoms with Crippen molar-refractivity contribution in [1.82, 2.24) is 0 Å². The van der Waals surface area contributed by atoms with Gasteiger partial charge in [0, 0.05) is 19.5 Å². The Morgan fingerprint density at radius 1 is 1.45 bits per heavy atom. The van der Waals surface area contributed by atoms with Crippen LogP contribution in [0.15, 0.2) is 0 Å². The van der Waals surface area contributed by atoms with Gasteiger partial charge in [-0.15, -0.1) is 0 Å². The second kappa shape index (κ2) is 8.60. The second-order valence-corrected chi connectivity index (χ2v) is 2.57. The van der Waals surface area contributed by atoms with Crippen LogP contribution in [0.2, 0.25) is 0 Å². The molecule has 0 saturated heterocycles. The number of hydrogen-bond donors (Lipinski definition) is 2. The second-order valence-electron chi connectivity index (χ2n) is 2.20. The summed E-state index contributed by atoms with van der Waals surface area (Å²) < 4.78 is 0. The van der Waals surface area contributed by atoms with E-state index in [1.165, 1.54) is 0 Å². The fourth-order valence-corrected chi connectivity index (χ4v) is 0.731. The monoisotopic (exact) mass is 228 g/mol. The molecule has 0 bridgehead atoms. The molecule has 0 unspecified atom stereocenters. The van der Waals surface area contributed by atoms with Crippen LogP contribution in [-0.2, 0) is 24.3 Å². The number of hydrogen-bond acceptors (Lipinski definition) is 3. The predicted octanol–water partition coefficient (Wildman–Crippen LogP) is 0.206. The molecule has 3 nitrogen and oxygen atoms in total. The SMILES string of the molecule is NCCCC[C@H](N)C(=O)Cl.[Zn]. The smallest absolute Gasteiger partial charge is 0.238 e. The van der Waals surface area contributed by atoms with Gasteiger partial charge in [-0.2, -0.15) is 0 Å². The summed E-state index contributed by atoms with van der Waals surface area (Å²) in [6, 6.07) is -0.506. The Morgan fingerprint density at radius 2 is 2.00 bits per heavy atom. The first kappa shape index (κ1) is 14.1. The predicted molar refractivity (Wildman–Crippen MR) is 41.7 cm³/mol. The largest absolute Gasteiger partial charge is 0.330 e. The Morgan fingerprint density at radius 3 is 2.36 bits per heavy atom. The molecule has 0 saturated carbocycles. The van der Waals surface area contributed by atoms with E-state index in [1.807, 2.05) is 0 Å². The molecular weight excluding hydrogens is 217 g/mol. The van der Waals surface area contributed by atoms with Crippen LogP contribution >= 0.6 is 11.6 Å². The summed E-state index contributed by atoms with van der Waals surface area (Å²) >= 11 is 5.11. The van der Waals surface area contributed by atoms with Crippen LogP contribution in [0.5, 0.6) is 0 Å². The molecule has 62 valence electrons. The number of rotatable bonds is 5. The number of halogens is 1. The maximum absolute atomic E-state index is 10.3. The fraction of sp³-hybridized carbons (Fsp3) is 0.833. The summed E-state index contributed by atoms with van der Waals surface area (Å²) in [5, 5.41) is -0.461. The summed E-state index contributed by atoms with van der Waals surface area (Å²) in [7, 11) is 0. The summed E-state index contributed by atoms with van der Waals surface area (Å²) in [5.74, 6) is 0. The zero-order valence-electron chi connectivity index (χ0n) is 6.55. The quantitative estimate of drug-likeness (QED) is 0.403. The fourth-order valence-electron chi connectivity index (χ4n) is 0.622. The molecule has 0 aliphatic heterocycles. The minimum atomic E-state index is -0.506. The van der Waals surface area contributed by atoms with Gasteiger partial charge in [-0.3, -0.25) is 4.79 Å². The molecule has 0 spiro atoms. The normalized spacial score (nSPS) is 11.9. The van der Waals surface area contributed by atoms with Crippen molar-refractivity contribution in [2.45, 2.75) is 25.3 Å². The van der Waals surface area contributed by atoms with Crippen molar-refractivity contribution in [3.8, 4) is 0 Å². The van der Waals surface area contributed by atoms with E-state index < -0.39 is 11.3 Å². The first-order valence-corrected chi connectivity index (χ1v) is 3.71. The summed E-state index contributed by atoms with van der Waals surface area (Å²) in [6.07, 6.45) is 2.41. The molecule has 0 heterocycles. The van der Waals surface area contributed by atoms with Crippen molar-refractivity contribution in [2.75, 3.05) is 6.54 Å². The molecule has 0 aliphatic carbocycles. The van der Waals surface area contributed by atoms with Crippen LogP contribution in [0.1, 0.15) is 19.3 Å². The third-order valence-electron chi connectivity index (χ3n) is 1.26. The van der Waals surface area contributed by atoms with Crippen LogP contribution in [-0.4, -0.2) is 17.8 Å². The minimum absolute atomic E-state index is 0. The van der Waals surface area contributed by atoms with Gasteiger partial charge in [0.1, 0.15) is 0 Å². The molecule has 11 heavy (non-hydrogen) atoms. The van der Waals surface area contributed by atoms with E-state index in [0.29, 0.717) is 13.0 Å². The number of carbonyl (C=O) groups is 1. The maximum Gasteiger partial charge on any atom is 0.238 e. The van der Waals surface area contributed by atoms with E-state index in [1.54, 1.807) is 0 Å². The Kier molecular flexibility index (Phi) is 11.0. The number of nitrogens with two attached hydrogens (primary N) is 2. The molecule has 4 N–H and O–H groups in total. The zero-order chi connectivity index (χ0) is 7.98. The third kappa shape index (κ3) is 8.41. The standard InChI is InChI=1S/C6H13ClN2O.Zn/c7-6(10)5(9)3-1-2-4-8;/h5H,1-4,8-9H2;/t5-;/m0./s1. The van der Waals surface area contributed by atoms with Crippen molar-refractivity contribution in [3.05, 3.63) is 0 Å². The van der Waals surface area contributed by atoms with E-state index in [2.05, 4.69) is 0 Å². The van der Waals surface area contributed by atoms with E-state index in [9.17, 15) is 4.79 Å². The average Bonchev–Trinajstić information content (AvgIpc) is 1.88. The Hall–Kier alpha value is 0.503. The molecule has 0 aromatic carbocycles. The molecule has 0 fully saturated rings. The van der Waals surface area contributed by atoms with Crippen LogP contribution in [0, 0.1) is 0 Å². The zero-order valence-corrected chi connectivity index (χ0v) is 10.3. The number of unbranched alkanes of at least 4 members (excludes halogenated alkanes) is 1. The average molecular weight is 230 g/mol. The van der Waals surface area contributed by atoms with E-state index in [4.69, 9.17) is 23.1 Å². The van der Waals surface area contributed by atoms with E-state index in [0.717, 1.165) is 12.8 Å². The van der Waals surface area contributed by atoms with Crippen LogP contribution in [0.3, 0.4) is 0 Å². The van der Waals surface area contributed by atoms with Gasteiger partial charge in [0.15, 0.2) is 0 Å². The van der Waals surface area contributed by atoms with Gasteiger partial charge in [-0.25, -0.2) is 0 Å². The van der Waals surface area contributed by atoms with Gasteiger partial charge in [-0.1, -0.05) is 6.42 Å². The molecule has 0 aliphatic rings. The Balaban J connectivity index is 0. The van der Waals surface area contributed by atoms with Gasteiger partial charge in [-0.05, 0) is 31.0 Å². The maximum atomic E-state index is 10.3. The summed E-state index contributed by atoms with van der Waals surface area (Å²) in [5.41, 5.74) is 10.6. The molecular formula is C6H13ClN2OZn. The van der Waals surface area contributed by atoms with Crippen molar-refractivity contribution >= 4 is 16.8 Å². The van der Waals surface area contributed by atoms with Gasteiger partial charge < -0.3 is 11.5 Å².